The minimum Gasteiger partial charge on any atom is -0.466 e. The van der Waals surface area contributed by atoms with Crippen molar-refractivity contribution in [1.82, 2.24) is 9.80 Å². The first kappa shape index (κ1) is 26.7. The Morgan fingerprint density at radius 1 is 0.605 bits per heavy atom. The van der Waals surface area contributed by atoms with E-state index in [-0.39, 0.29) is 73.3 Å². The third kappa shape index (κ3) is 5.20. The number of benzene rings is 2. The summed E-state index contributed by atoms with van der Waals surface area (Å²) >= 11 is 0. The lowest BCUT2D eigenvalue weighted by Crippen LogP contribution is -2.31. The van der Waals surface area contributed by atoms with Crippen molar-refractivity contribution < 1.29 is 38.2 Å². The number of ether oxygens (including phenoxy) is 2. The highest BCUT2D eigenvalue weighted by atomic mass is 16.5. The molecule has 0 aromatic heterocycles. The van der Waals surface area contributed by atoms with Crippen LogP contribution >= 0.6 is 0 Å². The lowest BCUT2D eigenvalue weighted by atomic mass is 9.97. The summed E-state index contributed by atoms with van der Waals surface area (Å²) in [6, 6.07) is 9.71. The van der Waals surface area contributed by atoms with E-state index in [1.807, 2.05) is 0 Å². The summed E-state index contributed by atoms with van der Waals surface area (Å²) in [5, 5.41) is 0. The second-order valence-electron chi connectivity index (χ2n) is 8.86. The van der Waals surface area contributed by atoms with Crippen molar-refractivity contribution in [3.63, 3.8) is 0 Å². The molecule has 2 heterocycles. The van der Waals surface area contributed by atoms with Crippen LogP contribution in [0.15, 0.2) is 36.4 Å². The summed E-state index contributed by atoms with van der Waals surface area (Å²) in [5.74, 6) is -2.50. The fraction of sp³-hybridized carbons (Fsp3) is 0.357. The quantitative estimate of drug-likeness (QED) is 0.326. The molecular weight excluding hydrogens is 492 g/mol. The van der Waals surface area contributed by atoms with Gasteiger partial charge in [-0.05, 0) is 62.1 Å². The van der Waals surface area contributed by atoms with Crippen LogP contribution in [0.3, 0.4) is 0 Å². The van der Waals surface area contributed by atoms with Crippen molar-refractivity contribution >= 4 is 35.6 Å². The van der Waals surface area contributed by atoms with Gasteiger partial charge in [0.1, 0.15) is 0 Å². The zero-order valence-electron chi connectivity index (χ0n) is 21.3. The van der Waals surface area contributed by atoms with Crippen molar-refractivity contribution in [2.75, 3.05) is 26.3 Å². The first-order valence-corrected chi connectivity index (χ1v) is 12.6. The average molecular weight is 521 g/mol. The van der Waals surface area contributed by atoms with E-state index in [1.54, 1.807) is 50.2 Å². The van der Waals surface area contributed by atoms with Gasteiger partial charge in [0.15, 0.2) is 0 Å². The Bertz CT molecular complexity index is 1230. The van der Waals surface area contributed by atoms with Crippen molar-refractivity contribution in [2.45, 2.75) is 39.5 Å². The molecular formula is C28H28N2O8. The maximum Gasteiger partial charge on any atom is 0.305 e. The average Bonchev–Trinajstić information content (AvgIpc) is 3.28. The fourth-order valence-electron chi connectivity index (χ4n) is 4.58. The predicted molar refractivity (Wildman–Crippen MR) is 134 cm³/mol. The zero-order chi connectivity index (χ0) is 27.4. The van der Waals surface area contributed by atoms with Gasteiger partial charge in [-0.2, -0.15) is 0 Å². The number of carbonyl (C=O) groups excluding carboxylic acids is 6. The number of nitrogens with zero attached hydrogens (tertiary/aromatic N) is 2. The molecule has 0 N–H and O–H groups in total. The second-order valence-corrected chi connectivity index (χ2v) is 8.86. The number of hydrogen-bond acceptors (Lipinski definition) is 8. The monoisotopic (exact) mass is 520 g/mol. The van der Waals surface area contributed by atoms with Gasteiger partial charge in [0, 0.05) is 25.9 Å². The van der Waals surface area contributed by atoms with Crippen molar-refractivity contribution in [1.29, 1.82) is 0 Å². The molecule has 0 bridgehead atoms. The first-order valence-electron chi connectivity index (χ1n) is 12.6. The minimum atomic E-state index is -0.448. The van der Waals surface area contributed by atoms with Crippen LogP contribution in [0.25, 0.3) is 11.1 Å². The smallest absolute Gasteiger partial charge is 0.305 e. The molecule has 0 saturated heterocycles. The number of rotatable bonds is 11. The molecule has 0 fully saturated rings. The van der Waals surface area contributed by atoms with Crippen LogP contribution in [-0.2, 0) is 19.1 Å². The molecule has 0 spiro atoms. The van der Waals surface area contributed by atoms with Crippen LogP contribution < -0.4 is 0 Å². The number of hydrogen-bond donors (Lipinski definition) is 0. The van der Waals surface area contributed by atoms with Gasteiger partial charge in [0.25, 0.3) is 23.6 Å². The number of carbonyl (C=O) groups is 6. The predicted octanol–water partition coefficient (Wildman–Crippen LogP) is 3.23. The second kappa shape index (κ2) is 11.4. The molecule has 38 heavy (non-hydrogen) atoms. The Morgan fingerprint density at radius 3 is 1.34 bits per heavy atom. The Hall–Kier alpha value is -4.34. The van der Waals surface area contributed by atoms with Gasteiger partial charge in [-0.25, -0.2) is 0 Å². The van der Waals surface area contributed by atoms with E-state index in [4.69, 9.17) is 9.47 Å². The Morgan fingerprint density at radius 2 is 0.974 bits per heavy atom. The molecule has 2 aromatic carbocycles. The summed E-state index contributed by atoms with van der Waals surface area (Å²) in [4.78, 5) is 76.8. The third-order valence-electron chi connectivity index (χ3n) is 6.41. The van der Waals surface area contributed by atoms with Gasteiger partial charge in [0.05, 0.1) is 35.5 Å². The lowest BCUT2D eigenvalue weighted by Gasteiger charge is -2.13. The fourth-order valence-corrected chi connectivity index (χ4v) is 4.58. The molecule has 0 aliphatic carbocycles. The van der Waals surface area contributed by atoms with Crippen LogP contribution in [0.1, 0.15) is 81.0 Å². The standard InChI is InChI=1S/C28H28N2O8/c1-3-37-23(31)7-5-13-29-25(33)19-11-9-17(15-21(19)27(29)35)18-10-12-20-22(16-18)28(36)30(26(20)34)14-6-8-24(32)38-4-2/h9-12,15-16H,3-8,13-14H2,1-2H3. The SMILES string of the molecule is CCOC(=O)CCCN1C(=O)c2ccc(-c3ccc4c(c3)C(=O)N(CCCC(=O)OCC)C4=O)cc2C1=O. The van der Waals surface area contributed by atoms with Crippen LogP contribution in [0.5, 0.6) is 0 Å². The van der Waals surface area contributed by atoms with Crippen molar-refractivity contribution in [3.8, 4) is 11.1 Å². The Labute approximate surface area is 219 Å². The highest BCUT2D eigenvalue weighted by molar-refractivity contribution is 6.23. The van der Waals surface area contributed by atoms with Crippen LogP contribution in [0.4, 0.5) is 0 Å². The molecule has 10 nitrogen and oxygen atoms in total. The van der Waals surface area contributed by atoms with Crippen LogP contribution in [-0.4, -0.2) is 71.7 Å². The summed E-state index contributed by atoms with van der Waals surface area (Å²) < 4.78 is 9.77. The molecule has 2 aliphatic rings. The summed E-state index contributed by atoms with van der Waals surface area (Å²) in [7, 11) is 0. The molecule has 0 saturated carbocycles. The molecule has 4 rings (SSSR count). The summed E-state index contributed by atoms with van der Waals surface area (Å²) in [6.07, 6.45) is 0.811. The van der Waals surface area contributed by atoms with E-state index < -0.39 is 23.6 Å². The van der Waals surface area contributed by atoms with Crippen molar-refractivity contribution in [3.05, 3.63) is 58.7 Å². The molecule has 198 valence electrons. The van der Waals surface area contributed by atoms with E-state index in [9.17, 15) is 28.8 Å². The number of imide groups is 2. The molecule has 2 aromatic rings. The highest BCUT2D eigenvalue weighted by Crippen LogP contribution is 2.32. The number of esters is 2. The normalized spacial score (nSPS) is 14.2. The maximum atomic E-state index is 13.0. The van der Waals surface area contributed by atoms with Gasteiger partial charge in [0.2, 0.25) is 0 Å². The van der Waals surface area contributed by atoms with Gasteiger partial charge < -0.3 is 9.47 Å². The highest BCUT2D eigenvalue weighted by Gasteiger charge is 2.37. The van der Waals surface area contributed by atoms with E-state index in [2.05, 4.69) is 0 Å². The topological polar surface area (TPSA) is 127 Å². The Kier molecular flexibility index (Phi) is 7.99. The molecule has 0 radical (unpaired) electrons. The van der Waals surface area contributed by atoms with Crippen LogP contribution in [0.2, 0.25) is 0 Å². The number of fused-ring (bicyclic) bond motifs is 2. The van der Waals surface area contributed by atoms with Crippen molar-refractivity contribution in [2.24, 2.45) is 0 Å². The summed E-state index contributed by atoms with van der Waals surface area (Å²) in [5.41, 5.74) is 2.26. The summed E-state index contributed by atoms with van der Waals surface area (Å²) in [6.45, 7) is 4.15. The van der Waals surface area contributed by atoms with E-state index >= 15 is 0 Å². The molecule has 10 heteroatoms. The van der Waals surface area contributed by atoms with Gasteiger partial charge in [-0.15, -0.1) is 0 Å². The van der Waals surface area contributed by atoms with E-state index in [0.717, 1.165) is 9.80 Å². The lowest BCUT2D eigenvalue weighted by molar-refractivity contribution is -0.144. The zero-order valence-corrected chi connectivity index (χ0v) is 21.3. The van der Waals surface area contributed by atoms with Gasteiger partial charge >= 0.3 is 11.9 Å². The van der Waals surface area contributed by atoms with E-state index in [0.29, 0.717) is 24.0 Å². The molecule has 4 amide bonds. The number of amides is 4. The van der Waals surface area contributed by atoms with Gasteiger partial charge in [-0.3, -0.25) is 38.6 Å². The first-order chi connectivity index (χ1) is 18.3. The maximum absolute atomic E-state index is 13.0. The Balaban J connectivity index is 1.47. The largest absolute Gasteiger partial charge is 0.466 e. The van der Waals surface area contributed by atoms with Gasteiger partial charge in [-0.1, -0.05) is 12.1 Å². The molecule has 0 unspecified atom stereocenters. The van der Waals surface area contributed by atoms with E-state index in [1.165, 1.54) is 0 Å². The molecule has 2 aliphatic heterocycles. The minimum absolute atomic E-state index is 0.0992. The molecule has 0 atom stereocenters. The van der Waals surface area contributed by atoms with Crippen LogP contribution in [0, 0.1) is 0 Å². The third-order valence-corrected chi connectivity index (χ3v) is 6.41.